The molecule has 0 aliphatic carbocycles. The Morgan fingerprint density at radius 1 is 0.291 bits per heavy atom. The zero-order valence-corrected chi connectivity index (χ0v) is 29.8. The topological polar surface area (TPSA) is 29.5 Å². The fraction of sp³-hybridized carbons (Fsp3) is 0. The molecule has 0 saturated heterocycles. The minimum Gasteiger partial charge on any atom is -0.456 e. The van der Waals surface area contributed by atoms with Crippen molar-refractivity contribution in [3.05, 3.63) is 200 Å². The molecule has 3 nitrogen and oxygen atoms in total. The number of fused-ring (bicyclic) bond motifs is 8. The summed E-state index contributed by atoms with van der Waals surface area (Å²) in [4.78, 5) is 2.36. The van der Waals surface area contributed by atoms with E-state index in [2.05, 4.69) is 193 Å². The first kappa shape index (κ1) is 31.2. The van der Waals surface area contributed by atoms with Gasteiger partial charge in [0, 0.05) is 38.5 Å². The number of anilines is 3. The van der Waals surface area contributed by atoms with Crippen molar-refractivity contribution < 1.29 is 8.83 Å². The van der Waals surface area contributed by atoms with Gasteiger partial charge in [-0.05, 0) is 99.3 Å². The summed E-state index contributed by atoms with van der Waals surface area (Å²) in [6, 6.07) is 70.9. The third-order valence-corrected chi connectivity index (χ3v) is 10.9. The van der Waals surface area contributed by atoms with Crippen LogP contribution in [0, 0.1) is 0 Å². The Bertz CT molecular complexity index is 3190. The van der Waals surface area contributed by atoms with Crippen LogP contribution in [0.5, 0.6) is 0 Å². The largest absolute Gasteiger partial charge is 0.456 e. The minimum absolute atomic E-state index is 0.878. The molecule has 2 heterocycles. The molecule has 0 amide bonds. The quantitative estimate of drug-likeness (QED) is 0.173. The van der Waals surface area contributed by atoms with Crippen LogP contribution in [-0.2, 0) is 0 Å². The molecule has 0 aliphatic heterocycles. The maximum atomic E-state index is 6.55. The summed E-state index contributed by atoms with van der Waals surface area (Å²) in [6.45, 7) is 0. The third kappa shape index (κ3) is 5.20. The number of benzene rings is 9. The molecular weight excluding hydrogens is 671 g/mol. The summed E-state index contributed by atoms with van der Waals surface area (Å²) in [5.74, 6) is 0. The van der Waals surface area contributed by atoms with Crippen LogP contribution in [0.25, 0.3) is 88.0 Å². The second-order valence-electron chi connectivity index (χ2n) is 14.1. The molecule has 0 atom stereocenters. The Morgan fingerprint density at radius 2 is 0.855 bits per heavy atom. The van der Waals surface area contributed by atoms with E-state index < -0.39 is 0 Å². The van der Waals surface area contributed by atoms with Gasteiger partial charge in [-0.1, -0.05) is 140 Å². The van der Waals surface area contributed by atoms with Crippen molar-refractivity contribution in [2.24, 2.45) is 0 Å². The van der Waals surface area contributed by atoms with E-state index in [0.29, 0.717) is 0 Å². The van der Waals surface area contributed by atoms with Crippen LogP contribution in [0.4, 0.5) is 17.1 Å². The van der Waals surface area contributed by atoms with E-state index in [0.717, 1.165) is 77.6 Å². The summed E-state index contributed by atoms with van der Waals surface area (Å²) >= 11 is 0. The van der Waals surface area contributed by atoms with Gasteiger partial charge in [0.2, 0.25) is 0 Å². The predicted molar refractivity (Wildman–Crippen MR) is 229 cm³/mol. The highest BCUT2D eigenvalue weighted by atomic mass is 16.3. The SMILES string of the molecule is c1ccc(-c2ccccc2N(c2ccc(-c3ccc4oc5cc(-c6ccccc6)c6ccccc6c5c4c3)cc2)c2ccc3oc4ccccc4c3c2)cc1. The molecule has 0 saturated carbocycles. The lowest BCUT2D eigenvalue weighted by Gasteiger charge is -2.28. The van der Waals surface area contributed by atoms with Gasteiger partial charge in [0.25, 0.3) is 0 Å². The van der Waals surface area contributed by atoms with E-state index in [9.17, 15) is 0 Å². The van der Waals surface area contributed by atoms with Crippen molar-refractivity contribution in [3.8, 4) is 33.4 Å². The lowest BCUT2D eigenvalue weighted by molar-refractivity contribution is 0.668. The summed E-state index contributed by atoms with van der Waals surface area (Å²) in [5.41, 5.74) is 13.7. The molecule has 9 aromatic carbocycles. The second kappa shape index (κ2) is 12.6. The van der Waals surface area contributed by atoms with Gasteiger partial charge in [-0.15, -0.1) is 0 Å². The molecule has 258 valence electrons. The first-order valence-corrected chi connectivity index (χ1v) is 18.7. The highest BCUT2D eigenvalue weighted by molar-refractivity contribution is 6.22. The number of para-hydroxylation sites is 2. The lowest BCUT2D eigenvalue weighted by atomic mass is 9.94. The summed E-state index contributed by atoms with van der Waals surface area (Å²) < 4.78 is 12.8. The van der Waals surface area contributed by atoms with Crippen molar-refractivity contribution >= 4 is 71.7 Å². The maximum Gasteiger partial charge on any atom is 0.136 e. The van der Waals surface area contributed by atoms with Gasteiger partial charge >= 0.3 is 0 Å². The van der Waals surface area contributed by atoms with E-state index in [1.165, 1.54) is 27.5 Å². The molecule has 11 aromatic rings. The third-order valence-electron chi connectivity index (χ3n) is 10.9. The van der Waals surface area contributed by atoms with E-state index in [4.69, 9.17) is 8.83 Å². The molecule has 55 heavy (non-hydrogen) atoms. The van der Waals surface area contributed by atoms with Crippen LogP contribution in [0.2, 0.25) is 0 Å². The molecular formula is C52H33NO2. The van der Waals surface area contributed by atoms with Crippen LogP contribution in [-0.4, -0.2) is 0 Å². The van der Waals surface area contributed by atoms with Crippen LogP contribution < -0.4 is 4.90 Å². The number of furan rings is 2. The zero-order chi connectivity index (χ0) is 36.3. The van der Waals surface area contributed by atoms with Crippen LogP contribution >= 0.6 is 0 Å². The smallest absolute Gasteiger partial charge is 0.136 e. The average Bonchev–Trinajstić information content (AvgIpc) is 3.82. The summed E-state index contributed by atoms with van der Waals surface area (Å²) in [5, 5.41) is 6.88. The van der Waals surface area contributed by atoms with Gasteiger partial charge in [0.05, 0.1) is 5.69 Å². The number of nitrogens with zero attached hydrogens (tertiary/aromatic N) is 1. The molecule has 2 aromatic heterocycles. The number of rotatable bonds is 6. The van der Waals surface area contributed by atoms with Gasteiger partial charge in [-0.25, -0.2) is 0 Å². The van der Waals surface area contributed by atoms with Crippen LogP contribution in [0.1, 0.15) is 0 Å². The first-order valence-electron chi connectivity index (χ1n) is 18.7. The van der Waals surface area contributed by atoms with Gasteiger partial charge < -0.3 is 13.7 Å². The molecule has 0 N–H and O–H groups in total. The second-order valence-corrected chi connectivity index (χ2v) is 14.1. The molecule has 0 aliphatic rings. The Kier molecular flexibility index (Phi) is 7.17. The Labute approximate surface area is 317 Å². The molecule has 11 rings (SSSR count). The fourth-order valence-corrected chi connectivity index (χ4v) is 8.29. The number of hydrogen-bond donors (Lipinski definition) is 0. The Balaban J connectivity index is 1.05. The van der Waals surface area contributed by atoms with E-state index in [1.807, 2.05) is 12.1 Å². The maximum absolute atomic E-state index is 6.55. The van der Waals surface area contributed by atoms with Gasteiger partial charge in [-0.3, -0.25) is 0 Å². The van der Waals surface area contributed by atoms with Gasteiger partial charge in [-0.2, -0.15) is 0 Å². The molecule has 3 heteroatoms. The number of hydrogen-bond acceptors (Lipinski definition) is 3. The van der Waals surface area contributed by atoms with Crippen molar-refractivity contribution in [1.82, 2.24) is 0 Å². The van der Waals surface area contributed by atoms with E-state index in [1.54, 1.807) is 0 Å². The van der Waals surface area contributed by atoms with Gasteiger partial charge in [0.15, 0.2) is 0 Å². The van der Waals surface area contributed by atoms with Gasteiger partial charge in [0.1, 0.15) is 22.3 Å². The summed E-state index contributed by atoms with van der Waals surface area (Å²) in [6.07, 6.45) is 0. The molecule has 0 fully saturated rings. The minimum atomic E-state index is 0.878. The van der Waals surface area contributed by atoms with Crippen molar-refractivity contribution in [3.63, 3.8) is 0 Å². The molecule has 0 radical (unpaired) electrons. The highest BCUT2D eigenvalue weighted by Crippen LogP contribution is 2.44. The highest BCUT2D eigenvalue weighted by Gasteiger charge is 2.20. The van der Waals surface area contributed by atoms with E-state index in [-0.39, 0.29) is 0 Å². The standard InChI is InChI=1S/C52H33NO2/c1-3-13-35(14-4-1)40-17-9-11-21-47(40)53(39-28-30-49-45(32-39)42-19-10-12-22-48(42)54-49)38-26-23-34(24-27-38)37-25-29-50-46(31-37)52-43-20-8-7-18-41(43)44(33-51(52)55-50)36-15-5-2-6-16-36/h1-33H. The fourth-order valence-electron chi connectivity index (χ4n) is 8.29. The average molecular weight is 704 g/mol. The Morgan fingerprint density at radius 3 is 1.65 bits per heavy atom. The Hall–Kier alpha value is -7.36. The van der Waals surface area contributed by atoms with Crippen molar-refractivity contribution in [1.29, 1.82) is 0 Å². The zero-order valence-electron chi connectivity index (χ0n) is 29.8. The first-order chi connectivity index (χ1) is 27.3. The molecule has 0 bridgehead atoms. The van der Waals surface area contributed by atoms with Crippen molar-refractivity contribution in [2.75, 3.05) is 4.90 Å². The normalized spacial score (nSPS) is 11.6. The molecule has 0 spiro atoms. The van der Waals surface area contributed by atoms with Crippen LogP contribution in [0.3, 0.4) is 0 Å². The van der Waals surface area contributed by atoms with Crippen LogP contribution in [0.15, 0.2) is 209 Å². The monoisotopic (exact) mass is 703 g/mol. The summed E-state index contributed by atoms with van der Waals surface area (Å²) in [7, 11) is 0. The van der Waals surface area contributed by atoms with E-state index >= 15 is 0 Å². The van der Waals surface area contributed by atoms with Crippen molar-refractivity contribution in [2.45, 2.75) is 0 Å². The lowest BCUT2D eigenvalue weighted by Crippen LogP contribution is -2.11. The predicted octanol–water partition coefficient (Wildman–Crippen LogP) is 15.1. The molecule has 0 unspecified atom stereocenters.